The summed E-state index contributed by atoms with van der Waals surface area (Å²) in [6.07, 6.45) is -5.52. The zero-order valence-corrected chi connectivity index (χ0v) is 13.5. The summed E-state index contributed by atoms with van der Waals surface area (Å²) in [5.74, 6) is -0.907. The van der Waals surface area contributed by atoms with Crippen LogP contribution in [0.3, 0.4) is 0 Å². The molecule has 0 radical (unpaired) electrons. The van der Waals surface area contributed by atoms with Crippen LogP contribution in [-0.4, -0.2) is 39.3 Å². The minimum Gasteiger partial charge on any atom is -0.301 e. The molecule has 1 atom stereocenters. The second-order valence-corrected chi connectivity index (χ2v) is 6.94. The van der Waals surface area contributed by atoms with Gasteiger partial charge in [0.25, 0.3) is 0 Å². The number of hydrogen-bond donors (Lipinski definition) is 0. The lowest BCUT2D eigenvalue weighted by Gasteiger charge is -2.18. The summed E-state index contributed by atoms with van der Waals surface area (Å²) in [6.45, 7) is 2.10. The molecule has 0 fully saturated rings. The van der Waals surface area contributed by atoms with E-state index in [1.807, 2.05) is 0 Å². The van der Waals surface area contributed by atoms with Gasteiger partial charge in [-0.25, -0.2) is 4.98 Å². The smallest absolute Gasteiger partial charge is 0.301 e. The van der Waals surface area contributed by atoms with Crippen LogP contribution in [0.5, 0.6) is 0 Å². The molecule has 0 N–H and O–H groups in total. The van der Waals surface area contributed by atoms with Gasteiger partial charge in [-0.2, -0.15) is 13.2 Å². The number of carbonyl (C=O) groups is 1. The van der Waals surface area contributed by atoms with E-state index >= 15 is 0 Å². The normalized spacial score (nSPS) is 13.2. The van der Waals surface area contributed by atoms with Crippen molar-refractivity contribution in [3.63, 3.8) is 0 Å². The Morgan fingerprint density at radius 3 is 2.62 bits per heavy atom. The van der Waals surface area contributed by atoms with Gasteiger partial charge in [-0.15, -0.1) is 11.3 Å². The third-order valence-electron chi connectivity index (χ3n) is 2.53. The SMILES string of the molecule is CCN(C(=O)CCS(=O)CCC(F)(F)F)c1scnc1Cl. The Hall–Kier alpha value is -0.670. The average molecular weight is 363 g/mol. The third-order valence-corrected chi connectivity index (χ3v) is 5.08. The number of alkyl halides is 3. The molecule has 1 aromatic rings. The molecule has 10 heteroatoms. The number of rotatable bonds is 7. The number of halogens is 4. The summed E-state index contributed by atoms with van der Waals surface area (Å²) in [5.41, 5.74) is 1.50. The van der Waals surface area contributed by atoms with Crippen molar-refractivity contribution < 1.29 is 22.2 Å². The van der Waals surface area contributed by atoms with Gasteiger partial charge in [-0.3, -0.25) is 9.00 Å². The van der Waals surface area contributed by atoms with Crippen LogP contribution in [-0.2, 0) is 15.6 Å². The Morgan fingerprint density at radius 2 is 2.14 bits per heavy atom. The van der Waals surface area contributed by atoms with Crippen LogP contribution in [0, 0.1) is 0 Å². The molecule has 1 aromatic heterocycles. The summed E-state index contributed by atoms with van der Waals surface area (Å²) in [6, 6.07) is 0. The van der Waals surface area contributed by atoms with Crippen LogP contribution < -0.4 is 4.90 Å². The van der Waals surface area contributed by atoms with Crippen molar-refractivity contribution >= 4 is 44.6 Å². The fourth-order valence-corrected chi connectivity index (χ4v) is 3.68. The highest BCUT2D eigenvalue weighted by atomic mass is 35.5. The van der Waals surface area contributed by atoms with Crippen molar-refractivity contribution in [2.24, 2.45) is 0 Å². The number of amides is 1. The highest BCUT2D eigenvalue weighted by Crippen LogP contribution is 2.29. The largest absolute Gasteiger partial charge is 0.390 e. The maximum atomic E-state index is 12.0. The topological polar surface area (TPSA) is 50.3 Å². The first-order chi connectivity index (χ1) is 9.74. The van der Waals surface area contributed by atoms with E-state index in [1.165, 1.54) is 21.7 Å². The predicted octanol–water partition coefficient (Wildman–Crippen LogP) is 3.24. The Kier molecular flexibility index (Phi) is 7.08. The fourth-order valence-electron chi connectivity index (χ4n) is 1.50. The minimum atomic E-state index is -4.33. The standard InChI is InChI=1S/C11H14ClF3N2O2S2/c1-2-17(10-9(12)16-7-20-10)8(18)3-5-21(19)6-4-11(13,14)15/h7H,2-6H2,1H3. The molecular formula is C11H14ClF3N2O2S2. The maximum Gasteiger partial charge on any atom is 0.390 e. The first-order valence-corrected chi connectivity index (χ1v) is 8.80. The first kappa shape index (κ1) is 18.4. The summed E-state index contributed by atoms with van der Waals surface area (Å²) in [5, 5.41) is 0.693. The third kappa shape index (κ3) is 6.31. The quantitative estimate of drug-likeness (QED) is 0.748. The second kappa shape index (κ2) is 8.09. The van der Waals surface area contributed by atoms with Gasteiger partial charge in [0, 0.05) is 35.3 Å². The number of aromatic nitrogens is 1. The Labute approximate surface area is 131 Å². The van der Waals surface area contributed by atoms with Crippen molar-refractivity contribution in [2.45, 2.75) is 25.9 Å². The number of anilines is 1. The molecule has 0 aromatic carbocycles. The van der Waals surface area contributed by atoms with Crippen molar-refractivity contribution in [3.05, 3.63) is 10.7 Å². The van der Waals surface area contributed by atoms with Crippen LogP contribution in [0.2, 0.25) is 5.15 Å². The summed E-state index contributed by atoms with van der Waals surface area (Å²) >= 11 is 7.04. The van der Waals surface area contributed by atoms with E-state index in [0.29, 0.717) is 11.5 Å². The lowest BCUT2D eigenvalue weighted by Crippen LogP contribution is -2.31. The van der Waals surface area contributed by atoms with Gasteiger partial charge in [0.2, 0.25) is 5.91 Å². The van der Waals surface area contributed by atoms with Gasteiger partial charge in [0.05, 0.1) is 11.9 Å². The van der Waals surface area contributed by atoms with Crippen LogP contribution in [0.25, 0.3) is 0 Å². The number of thiazole rings is 1. The Bertz CT molecular complexity index is 508. The molecular weight excluding hydrogens is 349 g/mol. The maximum absolute atomic E-state index is 12.0. The van der Waals surface area contributed by atoms with Crippen LogP contribution in [0.4, 0.5) is 18.2 Å². The summed E-state index contributed by atoms with van der Waals surface area (Å²) < 4.78 is 47.5. The molecule has 0 aliphatic carbocycles. The molecule has 21 heavy (non-hydrogen) atoms. The van der Waals surface area contributed by atoms with Crippen LogP contribution in [0.15, 0.2) is 5.51 Å². The second-order valence-electron chi connectivity index (χ2n) is 4.05. The van der Waals surface area contributed by atoms with Crippen molar-refractivity contribution in [1.82, 2.24) is 4.98 Å². The Morgan fingerprint density at radius 1 is 1.48 bits per heavy atom. The van der Waals surface area contributed by atoms with Crippen LogP contribution in [0.1, 0.15) is 19.8 Å². The Balaban J connectivity index is 2.49. The summed E-state index contributed by atoms with van der Waals surface area (Å²) in [4.78, 5) is 17.2. The molecule has 120 valence electrons. The van der Waals surface area contributed by atoms with E-state index in [2.05, 4.69) is 4.98 Å². The molecule has 0 aliphatic heterocycles. The first-order valence-electron chi connectivity index (χ1n) is 6.05. The molecule has 0 aliphatic rings. The predicted molar refractivity (Wildman–Crippen MR) is 78.3 cm³/mol. The number of nitrogens with zero attached hydrogens (tertiary/aromatic N) is 2. The minimum absolute atomic E-state index is 0.0907. The van der Waals surface area contributed by atoms with E-state index in [-0.39, 0.29) is 23.2 Å². The van der Waals surface area contributed by atoms with Crippen LogP contribution >= 0.6 is 22.9 Å². The van der Waals surface area contributed by atoms with Gasteiger partial charge < -0.3 is 4.90 Å². The van der Waals surface area contributed by atoms with Crippen molar-refractivity contribution in [2.75, 3.05) is 23.0 Å². The van der Waals surface area contributed by atoms with Gasteiger partial charge in [0.15, 0.2) is 5.15 Å². The highest BCUT2D eigenvalue weighted by molar-refractivity contribution is 7.84. The molecule has 0 saturated heterocycles. The lowest BCUT2D eigenvalue weighted by atomic mass is 10.4. The molecule has 0 saturated carbocycles. The van der Waals surface area contributed by atoms with Crippen molar-refractivity contribution in [1.29, 1.82) is 0 Å². The average Bonchev–Trinajstić information content (AvgIpc) is 2.80. The van der Waals surface area contributed by atoms with Gasteiger partial charge in [0.1, 0.15) is 5.00 Å². The highest BCUT2D eigenvalue weighted by Gasteiger charge is 2.28. The van der Waals surface area contributed by atoms with Gasteiger partial charge in [-0.05, 0) is 6.92 Å². The monoisotopic (exact) mass is 362 g/mol. The lowest BCUT2D eigenvalue weighted by molar-refractivity contribution is -0.129. The summed E-state index contributed by atoms with van der Waals surface area (Å²) in [7, 11) is -1.67. The van der Waals surface area contributed by atoms with E-state index < -0.39 is 29.1 Å². The number of carbonyl (C=O) groups excluding carboxylic acids is 1. The molecule has 1 heterocycles. The van der Waals surface area contributed by atoms with E-state index in [1.54, 1.807) is 6.92 Å². The zero-order chi connectivity index (χ0) is 16.0. The fraction of sp³-hybridized carbons (Fsp3) is 0.636. The molecule has 1 rings (SSSR count). The van der Waals surface area contributed by atoms with Gasteiger partial charge >= 0.3 is 6.18 Å². The van der Waals surface area contributed by atoms with E-state index in [4.69, 9.17) is 11.6 Å². The number of hydrogen-bond acceptors (Lipinski definition) is 4. The zero-order valence-electron chi connectivity index (χ0n) is 11.2. The van der Waals surface area contributed by atoms with E-state index in [9.17, 15) is 22.2 Å². The molecule has 4 nitrogen and oxygen atoms in total. The molecule has 1 unspecified atom stereocenters. The molecule has 0 spiro atoms. The molecule has 1 amide bonds. The van der Waals surface area contributed by atoms with Crippen molar-refractivity contribution in [3.8, 4) is 0 Å². The molecule has 0 bridgehead atoms. The van der Waals surface area contributed by atoms with Gasteiger partial charge in [-0.1, -0.05) is 11.6 Å². The van der Waals surface area contributed by atoms with E-state index in [0.717, 1.165) is 0 Å².